The van der Waals surface area contributed by atoms with Gasteiger partial charge in [-0.1, -0.05) is 35.5 Å². The lowest BCUT2D eigenvalue weighted by Crippen LogP contribution is -1.95. The summed E-state index contributed by atoms with van der Waals surface area (Å²) in [6, 6.07) is 11.7. The molecule has 0 amide bonds. The summed E-state index contributed by atoms with van der Waals surface area (Å²) < 4.78 is 5.18. The zero-order valence-corrected chi connectivity index (χ0v) is 11.3. The first kappa shape index (κ1) is 12.3. The van der Waals surface area contributed by atoms with Gasteiger partial charge in [-0.2, -0.15) is 10.2 Å². The molecule has 0 spiro atoms. The van der Waals surface area contributed by atoms with Crippen LogP contribution in [0.5, 0.6) is 0 Å². The van der Waals surface area contributed by atoms with Crippen LogP contribution in [0.4, 0.5) is 5.88 Å². The minimum Gasteiger partial charge on any atom is -0.367 e. The molecule has 0 aliphatic carbocycles. The molecule has 0 saturated heterocycles. The highest BCUT2D eigenvalue weighted by Crippen LogP contribution is 2.36. The van der Waals surface area contributed by atoms with Gasteiger partial charge in [-0.3, -0.25) is 0 Å². The van der Waals surface area contributed by atoms with Crippen molar-refractivity contribution in [3.63, 3.8) is 0 Å². The Balaban J connectivity index is 2.24. The predicted octanol–water partition coefficient (Wildman–Crippen LogP) is 3.00. The molecule has 20 heavy (non-hydrogen) atoms. The smallest absolute Gasteiger partial charge is 0.230 e. The third kappa shape index (κ3) is 2.03. The van der Waals surface area contributed by atoms with Crippen molar-refractivity contribution < 1.29 is 4.52 Å². The molecule has 2 heterocycles. The Morgan fingerprint density at radius 1 is 1.05 bits per heavy atom. The van der Waals surface area contributed by atoms with Crippen molar-refractivity contribution in [1.29, 1.82) is 0 Å². The molecule has 3 aromatic rings. The lowest BCUT2D eigenvalue weighted by atomic mass is 10.0. The Kier molecular flexibility index (Phi) is 2.95. The fourth-order valence-electron chi connectivity index (χ4n) is 2.16. The Morgan fingerprint density at radius 3 is 2.55 bits per heavy atom. The number of rotatable bonds is 2. The number of aryl methyl sites for hydroxylation is 2. The lowest BCUT2D eigenvalue weighted by molar-refractivity contribution is 0.439. The fourth-order valence-corrected chi connectivity index (χ4v) is 2.16. The lowest BCUT2D eigenvalue weighted by Gasteiger charge is -2.05. The largest absolute Gasteiger partial charge is 0.367 e. The van der Waals surface area contributed by atoms with Gasteiger partial charge in [0.2, 0.25) is 5.88 Å². The van der Waals surface area contributed by atoms with Crippen LogP contribution in [-0.4, -0.2) is 15.4 Å². The molecule has 0 radical (unpaired) electrons. The van der Waals surface area contributed by atoms with Crippen molar-refractivity contribution in [3.8, 4) is 22.4 Å². The van der Waals surface area contributed by atoms with Crippen molar-refractivity contribution in [2.75, 3.05) is 5.73 Å². The summed E-state index contributed by atoms with van der Waals surface area (Å²) in [5, 5.41) is 12.3. The summed E-state index contributed by atoms with van der Waals surface area (Å²) in [7, 11) is 0. The SMILES string of the molecule is Cc1cc(-c2noc(N)c2-c2ccccc2)c(C)nn1. The highest BCUT2D eigenvalue weighted by molar-refractivity contribution is 5.87. The molecule has 0 atom stereocenters. The summed E-state index contributed by atoms with van der Waals surface area (Å²) in [5.74, 6) is 0.306. The van der Waals surface area contributed by atoms with Crippen LogP contribution in [-0.2, 0) is 0 Å². The van der Waals surface area contributed by atoms with E-state index in [4.69, 9.17) is 10.3 Å². The molecule has 3 rings (SSSR count). The zero-order valence-electron chi connectivity index (χ0n) is 11.3. The van der Waals surface area contributed by atoms with E-state index >= 15 is 0 Å². The van der Waals surface area contributed by atoms with Crippen molar-refractivity contribution >= 4 is 5.88 Å². The summed E-state index contributed by atoms with van der Waals surface area (Å²) in [5.41, 5.74) is 10.9. The number of anilines is 1. The Bertz CT molecular complexity index is 750. The van der Waals surface area contributed by atoms with Crippen LogP contribution in [0.1, 0.15) is 11.4 Å². The van der Waals surface area contributed by atoms with E-state index in [2.05, 4.69) is 15.4 Å². The van der Waals surface area contributed by atoms with Gasteiger partial charge in [-0.15, -0.1) is 0 Å². The monoisotopic (exact) mass is 266 g/mol. The highest BCUT2D eigenvalue weighted by atomic mass is 16.5. The molecule has 0 aliphatic heterocycles. The molecule has 0 fully saturated rings. The molecule has 100 valence electrons. The van der Waals surface area contributed by atoms with E-state index in [0.29, 0.717) is 11.6 Å². The Morgan fingerprint density at radius 2 is 1.80 bits per heavy atom. The maximum atomic E-state index is 5.93. The molecule has 0 bridgehead atoms. The summed E-state index contributed by atoms with van der Waals surface area (Å²) in [4.78, 5) is 0. The number of nitrogen functional groups attached to an aromatic ring is 1. The minimum atomic E-state index is 0.306. The van der Waals surface area contributed by atoms with Gasteiger partial charge in [-0.25, -0.2) is 0 Å². The second-order valence-electron chi connectivity index (χ2n) is 4.62. The zero-order chi connectivity index (χ0) is 14.1. The van der Waals surface area contributed by atoms with Gasteiger partial charge in [0.1, 0.15) is 5.69 Å². The number of hydrogen-bond acceptors (Lipinski definition) is 5. The van der Waals surface area contributed by atoms with Crippen molar-refractivity contribution in [3.05, 3.63) is 47.8 Å². The molecular weight excluding hydrogens is 252 g/mol. The van der Waals surface area contributed by atoms with Gasteiger partial charge >= 0.3 is 0 Å². The molecule has 2 aromatic heterocycles. The third-order valence-corrected chi connectivity index (χ3v) is 3.14. The van der Waals surface area contributed by atoms with Gasteiger partial charge in [0.15, 0.2) is 0 Å². The van der Waals surface area contributed by atoms with Crippen LogP contribution in [0.15, 0.2) is 40.9 Å². The molecule has 1 aromatic carbocycles. The first-order valence-corrected chi connectivity index (χ1v) is 6.28. The van der Waals surface area contributed by atoms with Crippen molar-refractivity contribution in [2.45, 2.75) is 13.8 Å². The van der Waals surface area contributed by atoms with Gasteiger partial charge in [-0.05, 0) is 25.5 Å². The van der Waals surface area contributed by atoms with Crippen LogP contribution < -0.4 is 5.73 Å². The van der Waals surface area contributed by atoms with E-state index in [1.165, 1.54) is 0 Å². The maximum Gasteiger partial charge on any atom is 0.230 e. The number of nitrogens with zero attached hydrogens (tertiary/aromatic N) is 3. The second-order valence-corrected chi connectivity index (χ2v) is 4.62. The third-order valence-electron chi connectivity index (χ3n) is 3.14. The first-order chi connectivity index (χ1) is 9.66. The van der Waals surface area contributed by atoms with E-state index in [9.17, 15) is 0 Å². The number of aromatic nitrogens is 3. The molecule has 0 saturated carbocycles. The van der Waals surface area contributed by atoms with Crippen LogP contribution in [0.2, 0.25) is 0 Å². The molecule has 5 nitrogen and oxygen atoms in total. The molecule has 2 N–H and O–H groups in total. The van der Waals surface area contributed by atoms with E-state index in [1.807, 2.05) is 50.2 Å². The van der Waals surface area contributed by atoms with Crippen LogP contribution >= 0.6 is 0 Å². The van der Waals surface area contributed by atoms with Crippen LogP contribution in [0.3, 0.4) is 0 Å². The van der Waals surface area contributed by atoms with Gasteiger partial charge < -0.3 is 10.3 Å². The molecular formula is C15H14N4O. The van der Waals surface area contributed by atoms with Crippen LogP contribution in [0.25, 0.3) is 22.4 Å². The van der Waals surface area contributed by atoms with Gasteiger partial charge in [0.05, 0.1) is 17.0 Å². The molecule has 0 aliphatic rings. The van der Waals surface area contributed by atoms with Crippen molar-refractivity contribution in [2.24, 2.45) is 0 Å². The highest BCUT2D eigenvalue weighted by Gasteiger charge is 2.19. The average Bonchev–Trinajstić information content (AvgIpc) is 2.84. The number of hydrogen-bond donors (Lipinski definition) is 1. The summed E-state index contributed by atoms with van der Waals surface area (Å²) >= 11 is 0. The normalized spacial score (nSPS) is 10.7. The first-order valence-electron chi connectivity index (χ1n) is 6.28. The molecule has 0 unspecified atom stereocenters. The maximum absolute atomic E-state index is 5.93. The fraction of sp³-hybridized carbons (Fsp3) is 0.133. The average molecular weight is 266 g/mol. The quantitative estimate of drug-likeness (QED) is 0.771. The Hall–Kier alpha value is -2.69. The van der Waals surface area contributed by atoms with Crippen molar-refractivity contribution in [1.82, 2.24) is 15.4 Å². The molecule has 5 heteroatoms. The van der Waals surface area contributed by atoms with Crippen LogP contribution in [0, 0.1) is 13.8 Å². The number of benzene rings is 1. The minimum absolute atomic E-state index is 0.306. The summed E-state index contributed by atoms with van der Waals surface area (Å²) in [6.07, 6.45) is 0. The summed E-state index contributed by atoms with van der Waals surface area (Å²) in [6.45, 7) is 3.78. The van der Waals surface area contributed by atoms with E-state index in [1.54, 1.807) is 0 Å². The Labute approximate surface area is 116 Å². The standard InChI is InChI=1S/C15H14N4O/c1-9-8-12(10(2)18-17-9)14-13(15(16)20-19-14)11-6-4-3-5-7-11/h3-8H,16H2,1-2H3. The topological polar surface area (TPSA) is 77.8 Å². The van der Waals surface area contributed by atoms with Gasteiger partial charge in [0, 0.05) is 5.56 Å². The number of nitrogens with two attached hydrogens (primary N) is 1. The van der Waals surface area contributed by atoms with E-state index in [-0.39, 0.29) is 0 Å². The predicted molar refractivity (Wildman–Crippen MR) is 76.9 cm³/mol. The second kappa shape index (κ2) is 4.77. The van der Waals surface area contributed by atoms with E-state index in [0.717, 1.165) is 28.1 Å². The van der Waals surface area contributed by atoms with E-state index < -0.39 is 0 Å². The van der Waals surface area contributed by atoms with Gasteiger partial charge in [0.25, 0.3) is 0 Å².